The smallest absolute Gasteiger partial charge is 0.343 e. The molecule has 0 spiro atoms. The van der Waals surface area contributed by atoms with Crippen LogP contribution in [0.5, 0.6) is 17.2 Å². The molecule has 4 rings (SSSR count). The number of Topliss-reactive ketones (excluding diaryl/α,β-unsaturated/α-hetero) is 1. The minimum Gasteiger partial charge on any atom is -0.494 e. The Morgan fingerprint density at radius 1 is 0.740 bits per heavy atom. The third kappa shape index (κ3) is 11.1. The Morgan fingerprint density at radius 3 is 2.16 bits per heavy atom. The van der Waals surface area contributed by atoms with Gasteiger partial charge in [-0.1, -0.05) is 67.9 Å². The van der Waals surface area contributed by atoms with Crippen LogP contribution in [0.3, 0.4) is 0 Å². The number of unbranched alkanes of at least 4 members (excludes halogenated alkanes) is 4. The van der Waals surface area contributed by atoms with E-state index in [4.69, 9.17) is 37.4 Å². The van der Waals surface area contributed by atoms with Gasteiger partial charge in [0.1, 0.15) is 5.75 Å². The predicted octanol–water partition coefficient (Wildman–Crippen LogP) is 8.75. The average Bonchev–Trinajstić information content (AvgIpc) is 3.11. The summed E-state index contributed by atoms with van der Waals surface area (Å²) in [6.45, 7) is 4.19. The van der Waals surface area contributed by atoms with Crippen molar-refractivity contribution >= 4 is 52.5 Å². The molecule has 0 bridgehead atoms. The maximum absolute atomic E-state index is 13.2. The van der Waals surface area contributed by atoms with Crippen molar-refractivity contribution in [2.45, 2.75) is 58.4 Å². The van der Waals surface area contributed by atoms with Crippen LogP contribution in [0.1, 0.15) is 82.6 Å². The number of halogens is 2. The molecule has 2 amide bonds. The largest absolute Gasteiger partial charge is 0.494 e. The molecular weight excluding hydrogens is 679 g/mol. The maximum atomic E-state index is 13.2. The fourth-order valence-electron chi connectivity index (χ4n) is 5.02. The molecule has 50 heavy (non-hydrogen) atoms. The van der Waals surface area contributed by atoms with Gasteiger partial charge in [-0.15, -0.1) is 0 Å². The summed E-state index contributed by atoms with van der Waals surface area (Å²) < 4.78 is 16.9. The lowest BCUT2D eigenvalue weighted by Gasteiger charge is -2.18. The van der Waals surface area contributed by atoms with Crippen molar-refractivity contribution in [3.63, 3.8) is 0 Å². The van der Waals surface area contributed by atoms with Crippen molar-refractivity contribution in [2.75, 3.05) is 19.0 Å². The van der Waals surface area contributed by atoms with Crippen molar-refractivity contribution in [2.24, 2.45) is 0 Å². The van der Waals surface area contributed by atoms with Crippen LogP contribution < -0.4 is 24.8 Å². The van der Waals surface area contributed by atoms with Crippen LogP contribution >= 0.6 is 23.2 Å². The number of ether oxygens (including phenoxy) is 3. The quantitative estimate of drug-likeness (QED) is 0.0636. The van der Waals surface area contributed by atoms with Crippen molar-refractivity contribution < 1.29 is 33.4 Å². The van der Waals surface area contributed by atoms with Crippen LogP contribution in [0.15, 0.2) is 84.9 Å². The average molecular weight is 720 g/mol. The number of ketones is 1. The zero-order valence-electron chi connectivity index (χ0n) is 28.2. The molecule has 0 aliphatic carbocycles. The van der Waals surface area contributed by atoms with Crippen LogP contribution in [0, 0.1) is 0 Å². The summed E-state index contributed by atoms with van der Waals surface area (Å²) in [4.78, 5) is 51.4. The highest BCUT2D eigenvalue weighted by Gasteiger charge is 2.21. The third-order valence-corrected chi connectivity index (χ3v) is 8.58. The number of carbonyl (C=O) groups is 4. The molecule has 2 N–H and O–H groups in total. The van der Waals surface area contributed by atoms with Crippen LogP contribution in [0.4, 0.5) is 5.69 Å². The van der Waals surface area contributed by atoms with Crippen LogP contribution in [-0.4, -0.2) is 43.3 Å². The predicted molar refractivity (Wildman–Crippen MR) is 195 cm³/mol. The topological polar surface area (TPSA) is 120 Å². The normalized spacial score (nSPS) is 11.3. The maximum Gasteiger partial charge on any atom is 0.343 e. The van der Waals surface area contributed by atoms with E-state index in [0.29, 0.717) is 39.8 Å². The number of nitrogens with one attached hydrogen (secondary N) is 2. The number of hydrogen-bond acceptors (Lipinski definition) is 7. The minimum atomic E-state index is -0.868. The van der Waals surface area contributed by atoms with Crippen LogP contribution in [0.2, 0.25) is 10.0 Å². The highest BCUT2D eigenvalue weighted by atomic mass is 35.5. The summed E-state index contributed by atoms with van der Waals surface area (Å²) in [6, 6.07) is 21.7. The molecule has 0 aromatic heterocycles. The number of benzene rings is 4. The summed E-state index contributed by atoms with van der Waals surface area (Å²) in [5.74, 6) is -0.582. The lowest BCUT2D eigenvalue weighted by atomic mass is 10.0. The van der Waals surface area contributed by atoms with Gasteiger partial charge in [-0.25, -0.2) is 4.79 Å². The van der Waals surface area contributed by atoms with Crippen LogP contribution in [0.25, 0.3) is 0 Å². The van der Waals surface area contributed by atoms with E-state index < -0.39 is 23.8 Å². The summed E-state index contributed by atoms with van der Waals surface area (Å²) in [5.41, 5.74) is 1.93. The number of hydrogen-bond donors (Lipinski definition) is 2. The van der Waals surface area contributed by atoms with E-state index in [9.17, 15) is 19.2 Å². The van der Waals surface area contributed by atoms with E-state index in [1.54, 1.807) is 60.7 Å². The van der Waals surface area contributed by atoms with Gasteiger partial charge in [0, 0.05) is 16.8 Å². The first-order valence-electron chi connectivity index (χ1n) is 16.4. The van der Waals surface area contributed by atoms with E-state index in [-0.39, 0.29) is 34.3 Å². The Kier molecular flexibility index (Phi) is 14.3. The Morgan fingerprint density at radius 2 is 1.46 bits per heavy atom. The second-order valence-electron chi connectivity index (χ2n) is 11.7. The molecule has 4 aromatic carbocycles. The second kappa shape index (κ2) is 18.8. The van der Waals surface area contributed by atoms with E-state index in [1.807, 2.05) is 0 Å². The van der Waals surface area contributed by atoms with Crippen molar-refractivity contribution in [1.29, 1.82) is 0 Å². The summed E-state index contributed by atoms with van der Waals surface area (Å²) in [6.07, 6.45) is 5.89. The first-order valence-corrected chi connectivity index (χ1v) is 17.1. The molecule has 0 saturated carbocycles. The fraction of sp³-hybridized carbons (Fsp3) is 0.282. The Hall–Kier alpha value is -4.86. The van der Waals surface area contributed by atoms with Crippen molar-refractivity contribution in [3.8, 4) is 17.2 Å². The SMILES string of the molecule is CCCCCCCOc1ccc(C(=O)Oc2ccc(CC(NC(=O)c3cccc(NC(=O)c4ccc(Cl)c(Cl)c4)c3)C(C)=O)cc2OC)cc1. The van der Waals surface area contributed by atoms with Crippen LogP contribution in [-0.2, 0) is 11.2 Å². The number of esters is 1. The zero-order chi connectivity index (χ0) is 36.0. The van der Waals surface area contributed by atoms with Gasteiger partial charge in [-0.05, 0) is 98.1 Å². The van der Waals surface area contributed by atoms with Crippen molar-refractivity contribution in [1.82, 2.24) is 5.32 Å². The molecule has 0 aliphatic heterocycles. The molecule has 0 fully saturated rings. The summed E-state index contributed by atoms with van der Waals surface area (Å²) >= 11 is 12.0. The monoisotopic (exact) mass is 718 g/mol. The molecule has 0 aliphatic rings. The van der Waals surface area contributed by atoms with Gasteiger partial charge in [0.05, 0.1) is 35.4 Å². The highest BCUT2D eigenvalue weighted by Crippen LogP contribution is 2.30. The number of anilines is 1. The highest BCUT2D eigenvalue weighted by molar-refractivity contribution is 6.42. The zero-order valence-corrected chi connectivity index (χ0v) is 29.7. The Balaban J connectivity index is 1.35. The molecule has 4 aromatic rings. The standard InChI is InChI=1S/C39H40Cl2N2O7/c1-4-5-6-7-8-20-49-31-16-13-27(14-17-31)39(47)50-35-19-12-26(22-36(35)48-3)21-34(25(2)44)43-38(46)28-10-9-11-30(23-28)42-37(45)29-15-18-32(40)33(41)24-29/h9-19,22-24,34H,4-8,20-21H2,1-3H3,(H,42,45)(H,43,46). The summed E-state index contributed by atoms with van der Waals surface area (Å²) in [5, 5.41) is 6.07. The first-order chi connectivity index (χ1) is 24.1. The molecule has 0 heterocycles. The van der Waals surface area contributed by atoms with Gasteiger partial charge in [0.15, 0.2) is 17.3 Å². The Bertz CT molecular complexity index is 1810. The first kappa shape index (κ1) is 38.0. The number of amides is 2. The molecule has 11 heteroatoms. The lowest BCUT2D eigenvalue weighted by molar-refractivity contribution is -0.118. The van der Waals surface area contributed by atoms with E-state index in [2.05, 4.69) is 17.6 Å². The lowest BCUT2D eigenvalue weighted by Crippen LogP contribution is -2.41. The molecule has 1 atom stereocenters. The molecule has 1 unspecified atom stereocenters. The van der Waals surface area contributed by atoms with Gasteiger partial charge >= 0.3 is 5.97 Å². The fourth-order valence-corrected chi connectivity index (χ4v) is 5.32. The summed E-state index contributed by atoms with van der Waals surface area (Å²) in [7, 11) is 1.45. The number of methoxy groups -OCH3 is 1. The molecule has 0 radical (unpaired) electrons. The second-order valence-corrected chi connectivity index (χ2v) is 12.5. The van der Waals surface area contributed by atoms with Gasteiger partial charge in [0.2, 0.25) is 0 Å². The number of rotatable bonds is 17. The van der Waals surface area contributed by atoms with E-state index in [1.165, 1.54) is 57.6 Å². The van der Waals surface area contributed by atoms with Gasteiger partial charge in [0.25, 0.3) is 11.8 Å². The van der Waals surface area contributed by atoms with E-state index in [0.717, 1.165) is 12.8 Å². The molecule has 9 nitrogen and oxygen atoms in total. The third-order valence-electron chi connectivity index (χ3n) is 7.84. The van der Waals surface area contributed by atoms with Crippen molar-refractivity contribution in [3.05, 3.63) is 117 Å². The molecular formula is C39H40Cl2N2O7. The van der Waals surface area contributed by atoms with Gasteiger partial charge < -0.3 is 24.8 Å². The Labute approximate surface area is 302 Å². The van der Waals surface area contributed by atoms with Gasteiger partial charge in [-0.3, -0.25) is 14.4 Å². The van der Waals surface area contributed by atoms with Gasteiger partial charge in [-0.2, -0.15) is 0 Å². The molecule has 262 valence electrons. The number of carbonyl (C=O) groups excluding carboxylic acids is 4. The van der Waals surface area contributed by atoms with E-state index >= 15 is 0 Å². The molecule has 0 saturated heterocycles. The minimum absolute atomic E-state index is 0.152.